The maximum atomic E-state index is 12.0. The van der Waals surface area contributed by atoms with Crippen LogP contribution in [0, 0.1) is 0 Å². The van der Waals surface area contributed by atoms with E-state index in [0.717, 1.165) is 5.56 Å². The number of halogens is 1. The molecule has 0 aliphatic carbocycles. The standard InChI is InChI=1S/C17H16ClNO3/c1-21-15-9-7-12(11-13(15)18)8-10-17(20)19-14-5-3-4-6-16(14)22-2/h3-11H,1-2H3,(H,19,20)/b10-8+. The second-order valence-corrected chi connectivity index (χ2v) is 4.82. The number of benzene rings is 2. The Labute approximate surface area is 134 Å². The third-order valence-electron chi connectivity index (χ3n) is 2.97. The number of methoxy groups -OCH3 is 2. The number of rotatable bonds is 5. The molecule has 0 aliphatic rings. The van der Waals surface area contributed by atoms with Crippen molar-refractivity contribution in [3.8, 4) is 11.5 Å². The Kier molecular flexibility index (Phi) is 5.44. The number of hydrogen-bond acceptors (Lipinski definition) is 3. The zero-order valence-corrected chi connectivity index (χ0v) is 13.1. The van der Waals surface area contributed by atoms with E-state index in [1.807, 2.05) is 18.2 Å². The third kappa shape index (κ3) is 4.02. The zero-order chi connectivity index (χ0) is 15.9. The molecule has 0 saturated carbocycles. The van der Waals surface area contributed by atoms with Crippen LogP contribution in [-0.4, -0.2) is 20.1 Å². The van der Waals surface area contributed by atoms with Gasteiger partial charge in [0.2, 0.25) is 5.91 Å². The van der Waals surface area contributed by atoms with E-state index >= 15 is 0 Å². The number of ether oxygens (including phenoxy) is 2. The number of amides is 1. The highest BCUT2D eigenvalue weighted by molar-refractivity contribution is 6.32. The highest BCUT2D eigenvalue weighted by Gasteiger charge is 2.04. The fourth-order valence-corrected chi connectivity index (χ4v) is 2.15. The van der Waals surface area contributed by atoms with Gasteiger partial charge in [0.15, 0.2) is 0 Å². The van der Waals surface area contributed by atoms with Gasteiger partial charge in [-0.1, -0.05) is 29.8 Å². The van der Waals surface area contributed by atoms with Crippen LogP contribution in [0.4, 0.5) is 5.69 Å². The van der Waals surface area contributed by atoms with Crippen LogP contribution in [0.25, 0.3) is 6.08 Å². The molecule has 0 aliphatic heterocycles. The van der Waals surface area contributed by atoms with Crippen LogP contribution in [0.1, 0.15) is 5.56 Å². The zero-order valence-electron chi connectivity index (χ0n) is 12.3. The van der Waals surface area contributed by atoms with Crippen molar-refractivity contribution in [3.63, 3.8) is 0 Å². The molecule has 114 valence electrons. The maximum absolute atomic E-state index is 12.0. The van der Waals surface area contributed by atoms with E-state index < -0.39 is 0 Å². The minimum Gasteiger partial charge on any atom is -0.495 e. The third-order valence-corrected chi connectivity index (χ3v) is 3.26. The highest BCUT2D eigenvalue weighted by atomic mass is 35.5. The molecule has 2 aromatic carbocycles. The summed E-state index contributed by atoms with van der Waals surface area (Å²) in [6, 6.07) is 12.5. The van der Waals surface area contributed by atoms with Crippen molar-refractivity contribution >= 4 is 29.3 Å². The first-order valence-corrected chi connectivity index (χ1v) is 6.97. The Morgan fingerprint density at radius 3 is 2.50 bits per heavy atom. The van der Waals surface area contributed by atoms with E-state index in [9.17, 15) is 4.79 Å². The van der Waals surface area contributed by atoms with Gasteiger partial charge in [0.1, 0.15) is 11.5 Å². The molecule has 2 rings (SSSR count). The summed E-state index contributed by atoms with van der Waals surface area (Å²) in [6.07, 6.45) is 3.11. The van der Waals surface area contributed by atoms with Crippen molar-refractivity contribution in [2.24, 2.45) is 0 Å². The predicted molar refractivity (Wildman–Crippen MR) is 88.7 cm³/mol. The molecule has 0 bridgehead atoms. The lowest BCUT2D eigenvalue weighted by Crippen LogP contribution is -2.08. The summed E-state index contributed by atoms with van der Waals surface area (Å²) in [5.41, 5.74) is 1.42. The van der Waals surface area contributed by atoms with Gasteiger partial charge in [0.25, 0.3) is 0 Å². The van der Waals surface area contributed by atoms with E-state index in [-0.39, 0.29) is 5.91 Å². The first-order chi connectivity index (χ1) is 10.6. The van der Waals surface area contributed by atoms with Gasteiger partial charge in [-0.15, -0.1) is 0 Å². The molecular weight excluding hydrogens is 302 g/mol. The van der Waals surface area contributed by atoms with E-state index in [1.165, 1.54) is 6.08 Å². The van der Waals surface area contributed by atoms with Gasteiger partial charge in [-0.2, -0.15) is 0 Å². The van der Waals surface area contributed by atoms with Gasteiger partial charge in [-0.25, -0.2) is 0 Å². The topological polar surface area (TPSA) is 47.6 Å². The molecule has 0 atom stereocenters. The highest BCUT2D eigenvalue weighted by Crippen LogP contribution is 2.26. The molecule has 1 amide bonds. The molecule has 5 heteroatoms. The average molecular weight is 318 g/mol. The van der Waals surface area contributed by atoms with Crippen LogP contribution < -0.4 is 14.8 Å². The first-order valence-electron chi connectivity index (χ1n) is 6.59. The average Bonchev–Trinajstić information content (AvgIpc) is 2.53. The van der Waals surface area contributed by atoms with Gasteiger partial charge >= 0.3 is 0 Å². The Bertz CT molecular complexity index is 698. The maximum Gasteiger partial charge on any atom is 0.248 e. The Balaban J connectivity index is 2.07. The normalized spacial score (nSPS) is 10.5. The monoisotopic (exact) mass is 317 g/mol. The largest absolute Gasteiger partial charge is 0.495 e. The van der Waals surface area contributed by atoms with Crippen LogP contribution >= 0.6 is 11.6 Å². The predicted octanol–water partition coefficient (Wildman–Crippen LogP) is 4.01. The smallest absolute Gasteiger partial charge is 0.248 e. The molecule has 0 aromatic heterocycles. The number of para-hydroxylation sites is 2. The first kappa shape index (κ1) is 15.9. The summed E-state index contributed by atoms with van der Waals surface area (Å²) in [5, 5.41) is 3.26. The minimum absolute atomic E-state index is 0.253. The number of hydrogen-bond donors (Lipinski definition) is 1. The van der Waals surface area contributed by atoms with Crippen molar-refractivity contribution in [3.05, 3.63) is 59.1 Å². The van der Waals surface area contributed by atoms with Gasteiger partial charge < -0.3 is 14.8 Å². The van der Waals surface area contributed by atoms with Crippen molar-refractivity contribution in [1.29, 1.82) is 0 Å². The second kappa shape index (κ2) is 7.52. The van der Waals surface area contributed by atoms with Crippen molar-refractivity contribution in [1.82, 2.24) is 0 Å². The fourth-order valence-electron chi connectivity index (χ4n) is 1.88. The lowest BCUT2D eigenvalue weighted by molar-refractivity contribution is -0.111. The quantitative estimate of drug-likeness (QED) is 0.848. The van der Waals surface area contributed by atoms with Gasteiger partial charge in [0.05, 0.1) is 24.9 Å². The molecule has 0 spiro atoms. The summed E-state index contributed by atoms with van der Waals surface area (Å²) in [7, 11) is 3.11. The van der Waals surface area contributed by atoms with Gasteiger partial charge in [-0.05, 0) is 35.9 Å². The summed E-state index contributed by atoms with van der Waals surface area (Å²) in [4.78, 5) is 12.0. The molecule has 0 fully saturated rings. The molecule has 2 aromatic rings. The van der Waals surface area contributed by atoms with Crippen LogP contribution in [0.3, 0.4) is 0 Å². The van der Waals surface area contributed by atoms with Crippen molar-refractivity contribution in [2.45, 2.75) is 0 Å². The summed E-state index contributed by atoms with van der Waals surface area (Å²) >= 11 is 6.04. The van der Waals surface area contributed by atoms with Crippen molar-refractivity contribution < 1.29 is 14.3 Å². The van der Waals surface area contributed by atoms with Gasteiger partial charge in [-0.3, -0.25) is 4.79 Å². The molecular formula is C17H16ClNO3. The van der Waals surface area contributed by atoms with Crippen LogP contribution in [0.15, 0.2) is 48.5 Å². The van der Waals surface area contributed by atoms with E-state index in [4.69, 9.17) is 21.1 Å². The van der Waals surface area contributed by atoms with Gasteiger partial charge in [0, 0.05) is 6.08 Å². The van der Waals surface area contributed by atoms with Crippen molar-refractivity contribution in [2.75, 3.05) is 19.5 Å². The Hall–Kier alpha value is -2.46. The molecule has 0 radical (unpaired) electrons. The van der Waals surface area contributed by atoms with E-state index in [0.29, 0.717) is 22.2 Å². The summed E-state index contributed by atoms with van der Waals surface area (Å²) in [5.74, 6) is 0.950. The molecule has 0 unspecified atom stereocenters. The lowest BCUT2D eigenvalue weighted by Gasteiger charge is -2.07. The van der Waals surface area contributed by atoms with Crippen LogP contribution in [0.2, 0.25) is 5.02 Å². The number of carbonyl (C=O) groups is 1. The molecule has 4 nitrogen and oxygen atoms in total. The molecule has 0 heterocycles. The summed E-state index contributed by atoms with van der Waals surface area (Å²) in [6.45, 7) is 0. The SMILES string of the molecule is COc1ccc(/C=C/C(=O)Nc2ccccc2OC)cc1Cl. The number of carbonyl (C=O) groups excluding carboxylic acids is 1. The van der Waals surface area contributed by atoms with Crippen LogP contribution in [0.5, 0.6) is 11.5 Å². The number of anilines is 1. The van der Waals surface area contributed by atoms with Crippen LogP contribution in [-0.2, 0) is 4.79 Å². The second-order valence-electron chi connectivity index (χ2n) is 4.42. The van der Waals surface area contributed by atoms with E-state index in [2.05, 4.69) is 5.32 Å². The van der Waals surface area contributed by atoms with E-state index in [1.54, 1.807) is 44.6 Å². The Morgan fingerprint density at radius 2 is 1.82 bits per heavy atom. The molecule has 22 heavy (non-hydrogen) atoms. The molecule has 1 N–H and O–H groups in total. The fraction of sp³-hybridized carbons (Fsp3) is 0.118. The number of nitrogens with one attached hydrogen (secondary N) is 1. The minimum atomic E-state index is -0.253. The molecule has 0 saturated heterocycles. The Morgan fingerprint density at radius 1 is 1.09 bits per heavy atom. The lowest BCUT2D eigenvalue weighted by atomic mass is 10.2. The summed E-state index contributed by atoms with van der Waals surface area (Å²) < 4.78 is 10.3.